The molecule has 1 amide bonds. The van der Waals surface area contributed by atoms with Gasteiger partial charge in [0.15, 0.2) is 0 Å². The maximum atomic E-state index is 11.7. The Morgan fingerprint density at radius 2 is 2.20 bits per heavy atom. The minimum absolute atomic E-state index is 0.156. The monoisotopic (exact) mass is 205 g/mol. The van der Waals surface area contributed by atoms with E-state index in [1.54, 1.807) is 11.9 Å². The molecule has 0 saturated heterocycles. The summed E-state index contributed by atoms with van der Waals surface area (Å²) in [5.74, 6) is 0.967. The van der Waals surface area contributed by atoms with Crippen molar-refractivity contribution in [2.75, 3.05) is 18.6 Å². The molecule has 0 bridgehead atoms. The third-order valence-corrected chi connectivity index (χ3v) is 2.64. The molecule has 0 atom stereocenters. The van der Waals surface area contributed by atoms with Gasteiger partial charge in [0.1, 0.15) is 5.75 Å². The molecule has 80 valence electrons. The molecule has 0 saturated carbocycles. The van der Waals surface area contributed by atoms with Crippen LogP contribution in [0.2, 0.25) is 0 Å². The van der Waals surface area contributed by atoms with E-state index in [2.05, 4.69) is 0 Å². The molecule has 1 aliphatic heterocycles. The van der Waals surface area contributed by atoms with Crippen LogP contribution in [0.25, 0.3) is 0 Å². The van der Waals surface area contributed by atoms with E-state index in [-0.39, 0.29) is 5.91 Å². The van der Waals surface area contributed by atoms with Crippen LogP contribution in [-0.4, -0.2) is 19.6 Å². The van der Waals surface area contributed by atoms with Crippen molar-refractivity contribution in [3.8, 4) is 5.75 Å². The summed E-state index contributed by atoms with van der Waals surface area (Å²) in [5, 5.41) is 0. The summed E-state index contributed by atoms with van der Waals surface area (Å²) in [6.45, 7) is 2.64. The van der Waals surface area contributed by atoms with Gasteiger partial charge in [-0.3, -0.25) is 4.79 Å². The van der Waals surface area contributed by atoms with Crippen molar-refractivity contribution in [2.45, 2.75) is 19.8 Å². The smallest absolute Gasteiger partial charge is 0.226 e. The fourth-order valence-electron chi connectivity index (χ4n) is 1.72. The zero-order valence-electron chi connectivity index (χ0n) is 9.12. The SMILES string of the molecule is Cc1ccc2c(c1)OCCCC(=O)N2C. The fourth-order valence-corrected chi connectivity index (χ4v) is 1.72. The van der Waals surface area contributed by atoms with Gasteiger partial charge in [0.2, 0.25) is 5.91 Å². The first-order valence-electron chi connectivity index (χ1n) is 5.18. The first-order chi connectivity index (χ1) is 7.18. The number of hydrogen-bond acceptors (Lipinski definition) is 2. The Kier molecular flexibility index (Phi) is 2.62. The van der Waals surface area contributed by atoms with Crippen molar-refractivity contribution in [1.82, 2.24) is 0 Å². The molecule has 3 heteroatoms. The van der Waals surface area contributed by atoms with Crippen LogP contribution in [0.5, 0.6) is 5.75 Å². The second kappa shape index (κ2) is 3.93. The number of ether oxygens (including phenoxy) is 1. The molecule has 0 fully saturated rings. The van der Waals surface area contributed by atoms with Gasteiger partial charge < -0.3 is 9.64 Å². The van der Waals surface area contributed by atoms with E-state index in [4.69, 9.17) is 4.74 Å². The number of fused-ring (bicyclic) bond motifs is 1. The highest BCUT2D eigenvalue weighted by Crippen LogP contribution is 2.30. The first kappa shape index (κ1) is 10.0. The molecule has 1 aromatic rings. The maximum absolute atomic E-state index is 11.7. The Hall–Kier alpha value is -1.51. The molecule has 2 rings (SSSR count). The summed E-state index contributed by atoms with van der Waals surface area (Å²) in [6, 6.07) is 5.91. The molecule has 1 heterocycles. The quantitative estimate of drug-likeness (QED) is 0.649. The number of nitrogens with zero attached hydrogens (tertiary/aromatic N) is 1. The number of amides is 1. The van der Waals surface area contributed by atoms with Gasteiger partial charge in [-0.2, -0.15) is 0 Å². The lowest BCUT2D eigenvalue weighted by Gasteiger charge is -2.23. The van der Waals surface area contributed by atoms with Gasteiger partial charge >= 0.3 is 0 Å². The highest BCUT2D eigenvalue weighted by molar-refractivity contribution is 5.94. The zero-order valence-corrected chi connectivity index (χ0v) is 9.12. The molecule has 3 nitrogen and oxygen atoms in total. The lowest BCUT2D eigenvalue weighted by molar-refractivity contribution is -0.118. The van der Waals surface area contributed by atoms with E-state index in [1.807, 2.05) is 25.1 Å². The summed E-state index contributed by atoms with van der Waals surface area (Å²) in [4.78, 5) is 13.4. The molecule has 0 unspecified atom stereocenters. The molecular formula is C12H15NO2. The van der Waals surface area contributed by atoms with E-state index in [0.29, 0.717) is 13.0 Å². The summed E-state index contributed by atoms with van der Waals surface area (Å²) in [5.41, 5.74) is 2.01. The van der Waals surface area contributed by atoms with Gasteiger partial charge in [-0.05, 0) is 31.0 Å². The minimum atomic E-state index is 0.156. The molecule has 1 aromatic carbocycles. The van der Waals surface area contributed by atoms with E-state index in [0.717, 1.165) is 23.4 Å². The molecule has 0 aromatic heterocycles. The normalized spacial score (nSPS) is 16.4. The van der Waals surface area contributed by atoms with Gasteiger partial charge in [0, 0.05) is 13.5 Å². The molecule has 15 heavy (non-hydrogen) atoms. The van der Waals surface area contributed by atoms with Crippen molar-refractivity contribution < 1.29 is 9.53 Å². The Morgan fingerprint density at radius 3 is 3.00 bits per heavy atom. The van der Waals surface area contributed by atoms with Gasteiger partial charge in [0.25, 0.3) is 0 Å². The van der Waals surface area contributed by atoms with Crippen LogP contribution in [0, 0.1) is 6.92 Å². The molecule has 0 radical (unpaired) electrons. The highest BCUT2D eigenvalue weighted by Gasteiger charge is 2.17. The first-order valence-corrected chi connectivity index (χ1v) is 5.18. The van der Waals surface area contributed by atoms with Crippen LogP contribution in [0.4, 0.5) is 5.69 Å². The Labute approximate surface area is 89.7 Å². The average Bonchev–Trinajstić information content (AvgIpc) is 2.22. The van der Waals surface area contributed by atoms with Crippen LogP contribution in [-0.2, 0) is 4.79 Å². The van der Waals surface area contributed by atoms with Gasteiger partial charge in [-0.15, -0.1) is 0 Å². The number of anilines is 1. The van der Waals surface area contributed by atoms with Crippen molar-refractivity contribution >= 4 is 11.6 Å². The summed E-state index contributed by atoms with van der Waals surface area (Å²) < 4.78 is 5.63. The Balaban J connectivity index is 2.43. The number of rotatable bonds is 0. The van der Waals surface area contributed by atoms with Crippen molar-refractivity contribution in [3.05, 3.63) is 23.8 Å². The van der Waals surface area contributed by atoms with Gasteiger partial charge in [-0.1, -0.05) is 6.07 Å². The molecular weight excluding hydrogens is 190 g/mol. The van der Waals surface area contributed by atoms with E-state index in [1.165, 1.54) is 0 Å². The second-order valence-electron chi connectivity index (χ2n) is 3.88. The molecule has 0 aliphatic carbocycles. The maximum Gasteiger partial charge on any atom is 0.226 e. The van der Waals surface area contributed by atoms with Crippen LogP contribution >= 0.6 is 0 Å². The largest absolute Gasteiger partial charge is 0.491 e. The van der Waals surface area contributed by atoms with Crippen LogP contribution in [0.15, 0.2) is 18.2 Å². The predicted octanol–water partition coefficient (Wildman–Crippen LogP) is 2.13. The summed E-state index contributed by atoms with van der Waals surface area (Å²) in [7, 11) is 1.80. The lowest BCUT2D eigenvalue weighted by atomic mass is 10.1. The van der Waals surface area contributed by atoms with Crippen LogP contribution in [0.3, 0.4) is 0 Å². The summed E-state index contributed by atoms with van der Waals surface area (Å²) >= 11 is 0. The average molecular weight is 205 g/mol. The highest BCUT2D eigenvalue weighted by atomic mass is 16.5. The van der Waals surface area contributed by atoms with E-state index < -0.39 is 0 Å². The lowest BCUT2D eigenvalue weighted by Crippen LogP contribution is -2.28. The molecule has 0 spiro atoms. The number of carbonyl (C=O) groups is 1. The van der Waals surface area contributed by atoms with E-state index in [9.17, 15) is 4.79 Å². The van der Waals surface area contributed by atoms with E-state index >= 15 is 0 Å². The number of carbonyl (C=O) groups excluding carboxylic acids is 1. The molecule has 0 N–H and O–H groups in total. The standard InChI is InChI=1S/C12H15NO2/c1-9-5-6-10-11(8-9)15-7-3-4-12(14)13(10)2/h5-6,8H,3-4,7H2,1-2H3. The number of benzene rings is 1. The Bertz CT molecular complexity index is 387. The third-order valence-electron chi connectivity index (χ3n) is 2.64. The van der Waals surface area contributed by atoms with Crippen molar-refractivity contribution in [1.29, 1.82) is 0 Å². The van der Waals surface area contributed by atoms with Crippen molar-refractivity contribution in [3.63, 3.8) is 0 Å². The molecule has 1 aliphatic rings. The summed E-state index contributed by atoms with van der Waals surface area (Å²) in [6.07, 6.45) is 1.35. The van der Waals surface area contributed by atoms with Crippen LogP contribution in [0.1, 0.15) is 18.4 Å². The zero-order chi connectivity index (χ0) is 10.8. The second-order valence-corrected chi connectivity index (χ2v) is 3.88. The number of hydrogen-bond donors (Lipinski definition) is 0. The van der Waals surface area contributed by atoms with Gasteiger partial charge in [0.05, 0.1) is 12.3 Å². The minimum Gasteiger partial charge on any atom is -0.491 e. The number of aryl methyl sites for hydroxylation is 1. The van der Waals surface area contributed by atoms with Crippen LogP contribution < -0.4 is 9.64 Å². The third kappa shape index (κ3) is 1.96. The van der Waals surface area contributed by atoms with Crippen molar-refractivity contribution in [2.24, 2.45) is 0 Å². The topological polar surface area (TPSA) is 29.5 Å². The van der Waals surface area contributed by atoms with Gasteiger partial charge in [-0.25, -0.2) is 0 Å². The fraction of sp³-hybridized carbons (Fsp3) is 0.417. The Morgan fingerprint density at radius 1 is 1.40 bits per heavy atom. The predicted molar refractivity (Wildman–Crippen MR) is 59.3 cm³/mol.